The van der Waals surface area contributed by atoms with Crippen LogP contribution in [0.15, 0.2) is 64.5 Å². The van der Waals surface area contributed by atoms with Gasteiger partial charge in [0.1, 0.15) is 17.2 Å². The standard InChI is InChI=1S/C24H21FN4O3S2/c1-15(23(30)28-8-10-29(11-9-28)24(31)19-3-2-12-32-19)33-22-21-18(26-14-27-22)13-20(34-21)16-4-6-17(25)7-5-16/h2-7,12-15H,8-11H2,1H3/t15-/m1/s1. The van der Waals surface area contributed by atoms with Crippen molar-refractivity contribution >= 4 is 45.1 Å². The second kappa shape index (κ2) is 9.55. The van der Waals surface area contributed by atoms with Gasteiger partial charge in [0, 0.05) is 31.1 Å². The number of benzene rings is 1. The van der Waals surface area contributed by atoms with Crippen molar-refractivity contribution in [3.05, 3.63) is 66.6 Å². The topological polar surface area (TPSA) is 79.5 Å². The van der Waals surface area contributed by atoms with Crippen LogP contribution >= 0.6 is 23.1 Å². The average Bonchev–Trinajstić information content (AvgIpc) is 3.55. The predicted octanol–water partition coefficient (Wildman–Crippen LogP) is 4.56. The van der Waals surface area contributed by atoms with Crippen molar-refractivity contribution in [1.29, 1.82) is 0 Å². The molecule has 174 valence electrons. The number of carbonyl (C=O) groups is 2. The fourth-order valence-corrected chi connectivity index (χ4v) is 6.01. The molecule has 5 rings (SSSR count). The molecule has 1 fully saturated rings. The maximum Gasteiger partial charge on any atom is 0.289 e. The van der Waals surface area contributed by atoms with Crippen LogP contribution in [0.25, 0.3) is 20.7 Å². The molecule has 0 saturated carbocycles. The molecule has 3 aromatic heterocycles. The van der Waals surface area contributed by atoms with Crippen LogP contribution in [0.3, 0.4) is 0 Å². The van der Waals surface area contributed by atoms with Gasteiger partial charge in [-0.2, -0.15) is 0 Å². The summed E-state index contributed by atoms with van der Waals surface area (Å²) in [5.41, 5.74) is 1.71. The highest BCUT2D eigenvalue weighted by Crippen LogP contribution is 2.38. The maximum absolute atomic E-state index is 13.3. The number of thiophene rings is 1. The number of furan rings is 1. The number of nitrogens with zero attached hydrogens (tertiary/aromatic N) is 4. The largest absolute Gasteiger partial charge is 0.459 e. The van der Waals surface area contributed by atoms with Gasteiger partial charge in [0.25, 0.3) is 5.91 Å². The molecule has 0 aliphatic carbocycles. The molecule has 7 nitrogen and oxygen atoms in total. The monoisotopic (exact) mass is 496 g/mol. The fourth-order valence-electron chi connectivity index (χ4n) is 3.83. The molecule has 4 heterocycles. The number of hydrogen-bond acceptors (Lipinski definition) is 7. The number of aromatic nitrogens is 2. The molecule has 0 spiro atoms. The van der Waals surface area contributed by atoms with Crippen molar-refractivity contribution in [1.82, 2.24) is 19.8 Å². The molecule has 34 heavy (non-hydrogen) atoms. The summed E-state index contributed by atoms with van der Waals surface area (Å²) >= 11 is 2.93. The summed E-state index contributed by atoms with van der Waals surface area (Å²) in [4.78, 5) is 38.8. The van der Waals surface area contributed by atoms with Gasteiger partial charge in [-0.25, -0.2) is 14.4 Å². The van der Waals surface area contributed by atoms with Gasteiger partial charge in [-0.1, -0.05) is 23.9 Å². The van der Waals surface area contributed by atoms with E-state index < -0.39 is 0 Å². The Morgan fingerprint density at radius 3 is 2.53 bits per heavy atom. The second-order valence-corrected chi connectivity index (χ2v) is 10.2. The molecular weight excluding hydrogens is 475 g/mol. The summed E-state index contributed by atoms with van der Waals surface area (Å²) in [6.07, 6.45) is 2.98. The maximum atomic E-state index is 13.3. The number of rotatable bonds is 5. The molecular formula is C24H21FN4O3S2. The molecule has 1 atom stereocenters. The zero-order valence-corrected chi connectivity index (χ0v) is 19.9. The van der Waals surface area contributed by atoms with Crippen LogP contribution in [0.4, 0.5) is 4.39 Å². The van der Waals surface area contributed by atoms with E-state index in [0.29, 0.717) is 31.9 Å². The summed E-state index contributed by atoms with van der Waals surface area (Å²) in [5, 5.41) is 0.401. The highest BCUT2D eigenvalue weighted by molar-refractivity contribution is 8.00. The van der Waals surface area contributed by atoms with Gasteiger partial charge >= 0.3 is 0 Å². The molecule has 0 N–H and O–H groups in total. The number of fused-ring (bicyclic) bond motifs is 1. The van der Waals surface area contributed by atoms with Crippen molar-refractivity contribution in [3.63, 3.8) is 0 Å². The first-order valence-corrected chi connectivity index (χ1v) is 12.5. The summed E-state index contributed by atoms with van der Waals surface area (Å²) in [7, 11) is 0. The summed E-state index contributed by atoms with van der Waals surface area (Å²) < 4.78 is 19.4. The number of amides is 2. The Bertz CT molecular complexity index is 1320. The lowest BCUT2D eigenvalue weighted by atomic mass is 10.2. The van der Waals surface area contributed by atoms with Crippen LogP contribution in [0.2, 0.25) is 0 Å². The van der Waals surface area contributed by atoms with Crippen LogP contribution in [-0.4, -0.2) is 63.0 Å². The minimum Gasteiger partial charge on any atom is -0.459 e. The van der Waals surface area contributed by atoms with Crippen LogP contribution in [0.5, 0.6) is 0 Å². The van der Waals surface area contributed by atoms with Gasteiger partial charge < -0.3 is 14.2 Å². The lowest BCUT2D eigenvalue weighted by Gasteiger charge is -2.35. The van der Waals surface area contributed by atoms with E-state index in [1.54, 1.807) is 34.1 Å². The lowest BCUT2D eigenvalue weighted by Crippen LogP contribution is -2.52. The molecule has 0 unspecified atom stereocenters. The number of thioether (sulfide) groups is 1. The molecule has 1 saturated heterocycles. The zero-order chi connectivity index (χ0) is 23.7. The van der Waals surface area contributed by atoms with Crippen molar-refractivity contribution in [3.8, 4) is 10.4 Å². The van der Waals surface area contributed by atoms with Crippen LogP contribution in [0.1, 0.15) is 17.5 Å². The molecule has 2 amide bonds. The minimum atomic E-state index is -0.346. The highest BCUT2D eigenvalue weighted by Gasteiger charge is 2.29. The molecule has 10 heteroatoms. The third kappa shape index (κ3) is 4.55. The van der Waals surface area contributed by atoms with Crippen LogP contribution < -0.4 is 0 Å². The third-order valence-corrected chi connectivity index (χ3v) is 8.05. The fraction of sp³-hybridized carbons (Fsp3) is 0.250. The molecule has 1 aliphatic heterocycles. The SMILES string of the molecule is C[C@@H](Sc1ncnc2cc(-c3ccc(F)cc3)sc12)C(=O)N1CCN(C(=O)c2ccco2)CC1. The second-order valence-electron chi connectivity index (χ2n) is 7.87. The van der Waals surface area contributed by atoms with Crippen molar-refractivity contribution in [2.75, 3.05) is 26.2 Å². The molecule has 0 bridgehead atoms. The van der Waals surface area contributed by atoms with E-state index >= 15 is 0 Å². The molecule has 0 radical (unpaired) electrons. The van der Waals surface area contributed by atoms with Crippen molar-refractivity contribution in [2.45, 2.75) is 17.2 Å². The van der Waals surface area contributed by atoms with Gasteiger partial charge in [-0.3, -0.25) is 9.59 Å². The Morgan fingerprint density at radius 1 is 1.09 bits per heavy atom. The number of piperazine rings is 1. The van der Waals surface area contributed by atoms with E-state index in [0.717, 1.165) is 25.7 Å². The normalized spacial score (nSPS) is 15.0. The first-order valence-electron chi connectivity index (χ1n) is 10.8. The quantitative estimate of drug-likeness (QED) is 0.298. The Morgan fingerprint density at radius 2 is 1.82 bits per heavy atom. The first kappa shape index (κ1) is 22.5. The predicted molar refractivity (Wildman–Crippen MR) is 129 cm³/mol. The van der Waals surface area contributed by atoms with E-state index in [1.165, 1.54) is 47.8 Å². The Hall–Kier alpha value is -3.24. The minimum absolute atomic E-state index is 0.0113. The van der Waals surface area contributed by atoms with E-state index in [-0.39, 0.29) is 22.9 Å². The first-order chi connectivity index (χ1) is 16.5. The smallest absolute Gasteiger partial charge is 0.289 e. The van der Waals surface area contributed by atoms with E-state index in [2.05, 4.69) is 9.97 Å². The van der Waals surface area contributed by atoms with Crippen molar-refractivity contribution < 1.29 is 18.4 Å². The number of hydrogen-bond donors (Lipinski definition) is 0. The third-order valence-electron chi connectivity index (χ3n) is 5.65. The summed E-state index contributed by atoms with van der Waals surface area (Å²) in [5.74, 6) is -0.110. The van der Waals surface area contributed by atoms with Gasteiger partial charge in [-0.05, 0) is 42.8 Å². The lowest BCUT2D eigenvalue weighted by molar-refractivity contribution is -0.131. The molecule has 1 aliphatic rings. The molecule has 1 aromatic carbocycles. The highest BCUT2D eigenvalue weighted by atomic mass is 32.2. The Labute approximate surface area is 203 Å². The van der Waals surface area contributed by atoms with Gasteiger partial charge in [0.2, 0.25) is 5.91 Å². The number of carbonyl (C=O) groups excluding carboxylic acids is 2. The van der Waals surface area contributed by atoms with E-state index in [4.69, 9.17) is 4.42 Å². The van der Waals surface area contributed by atoms with Crippen molar-refractivity contribution in [2.24, 2.45) is 0 Å². The Balaban J connectivity index is 1.25. The van der Waals surface area contributed by atoms with Gasteiger partial charge in [0.05, 0.1) is 21.7 Å². The van der Waals surface area contributed by atoms with Crippen LogP contribution in [0, 0.1) is 5.82 Å². The average molecular weight is 497 g/mol. The van der Waals surface area contributed by atoms with Gasteiger partial charge in [0.15, 0.2) is 5.76 Å². The summed E-state index contributed by atoms with van der Waals surface area (Å²) in [6, 6.07) is 11.6. The number of halogens is 1. The molecule has 4 aromatic rings. The Kier molecular flexibility index (Phi) is 6.34. The van der Waals surface area contributed by atoms with E-state index in [1.807, 2.05) is 13.0 Å². The summed E-state index contributed by atoms with van der Waals surface area (Å²) in [6.45, 7) is 3.75. The van der Waals surface area contributed by atoms with Gasteiger partial charge in [-0.15, -0.1) is 11.3 Å². The van der Waals surface area contributed by atoms with Crippen LogP contribution in [-0.2, 0) is 4.79 Å². The van der Waals surface area contributed by atoms with E-state index in [9.17, 15) is 14.0 Å². The zero-order valence-electron chi connectivity index (χ0n) is 18.3.